The maximum atomic E-state index is 11.8. The predicted octanol–water partition coefficient (Wildman–Crippen LogP) is 1.55. The molecule has 0 bridgehead atoms. The molecule has 1 saturated heterocycles. The van der Waals surface area contributed by atoms with E-state index in [9.17, 15) is 4.79 Å². The summed E-state index contributed by atoms with van der Waals surface area (Å²) in [4.78, 5) is 14.1. The maximum absolute atomic E-state index is 11.8. The predicted molar refractivity (Wildman–Crippen MR) is 71.5 cm³/mol. The topological polar surface area (TPSA) is 41.6 Å². The Morgan fingerprint density at radius 2 is 2.00 bits per heavy atom. The van der Waals surface area contributed by atoms with Crippen LogP contribution < -0.4 is 5.32 Å². The van der Waals surface area contributed by atoms with Crippen molar-refractivity contribution in [3.8, 4) is 0 Å². The first-order chi connectivity index (χ1) is 8.75. The number of carbonyl (C=O) groups excluding carboxylic acids is 1. The lowest BCUT2D eigenvalue weighted by Gasteiger charge is -2.30. The number of ether oxygens (including phenoxy) is 1. The van der Waals surface area contributed by atoms with E-state index in [2.05, 4.69) is 17.3 Å². The smallest absolute Gasteiger partial charge is 0.234 e. The summed E-state index contributed by atoms with van der Waals surface area (Å²) in [5, 5.41) is 2.99. The van der Waals surface area contributed by atoms with Crippen LogP contribution >= 0.6 is 0 Å². The van der Waals surface area contributed by atoms with Gasteiger partial charge in [-0.2, -0.15) is 0 Å². The van der Waals surface area contributed by atoms with Gasteiger partial charge in [0.05, 0.1) is 12.6 Å². The van der Waals surface area contributed by atoms with Crippen LogP contribution in [0.3, 0.4) is 0 Å². The van der Waals surface area contributed by atoms with Crippen molar-refractivity contribution in [2.45, 2.75) is 57.1 Å². The molecule has 0 radical (unpaired) electrons. The monoisotopic (exact) mass is 254 g/mol. The summed E-state index contributed by atoms with van der Waals surface area (Å²) in [5.74, 6) is 0.138. The Morgan fingerprint density at radius 3 is 2.67 bits per heavy atom. The summed E-state index contributed by atoms with van der Waals surface area (Å²) in [6, 6.07) is 0.604. The first kappa shape index (κ1) is 13.8. The van der Waals surface area contributed by atoms with Gasteiger partial charge >= 0.3 is 0 Å². The van der Waals surface area contributed by atoms with Crippen LogP contribution in [0.1, 0.15) is 44.9 Å². The van der Waals surface area contributed by atoms with Gasteiger partial charge in [-0.3, -0.25) is 9.69 Å². The summed E-state index contributed by atoms with van der Waals surface area (Å²) < 4.78 is 5.50. The Morgan fingerprint density at radius 1 is 1.22 bits per heavy atom. The number of carbonyl (C=O) groups is 1. The van der Waals surface area contributed by atoms with Gasteiger partial charge in [-0.1, -0.05) is 19.3 Å². The molecule has 1 unspecified atom stereocenters. The van der Waals surface area contributed by atoms with Gasteiger partial charge in [-0.05, 0) is 32.7 Å². The first-order valence-corrected chi connectivity index (χ1v) is 7.34. The first-order valence-electron chi connectivity index (χ1n) is 7.34. The molecule has 2 rings (SSSR count). The third-order valence-electron chi connectivity index (χ3n) is 4.14. The molecule has 1 atom stereocenters. The van der Waals surface area contributed by atoms with Crippen molar-refractivity contribution in [3.63, 3.8) is 0 Å². The van der Waals surface area contributed by atoms with E-state index < -0.39 is 0 Å². The molecule has 1 aliphatic carbocycles. The fourth-order valence-corrected chi connectivity index (χ4v) is 2.97. The van der Waals surface area contributed by atoms with Crippen LogP contribution in [0.2, 0.25) is 0 Å². The van der Waals surface area contributed by atoms with Crippen molar-refractivity contribution < 1.29 is 9.53 Å². The maximum Gasteiger partial charge on any atom is 0.234 e. The molecule has 1 N–H and O–H groups in total. The Balaban J connectivity index is 1.62. The van der Waals surface area contributed by atoms with E-state index in [1.807, 2.05) is 0 Å². The fraction of sp³-hybridized carbons (Fsp3) is 0.929. The normalized spacial score (nSPS) is 25.6. The number of amides is 1. The molecule has 0 spiro atoms. The van der Waals surface area contributed by atoms with E-state index in [0.29, 0.717) is 19.1 Å². The Hall–Kier alpha value is -0.610. The number of hydrogen-bond acceptors (Lipinski definition) is 3. The van der Waals surface area contributed by atoms with Gasteiger partial charge < -0.3 is 10.1 Å². The molecule has 4 nitrogen and oxygen atoms in total. The number of likely N-dealkylation sites (N-methyl/N-ethyl adjacent to an activating group) is 1. The third kappa shape index (κ3) is 4.25. The summed E-state index contributed by atoms with van der Waals surface area (Å²) in [6.07, 6.45) is 8.93. The lowest BCUT2D eigenvalue weighted by atomic mass is 9.94. The van der Waals surface area contributed by atoms with Gasteiger partial charge in [0.1, 0.15) is 0 Å². The second-order valence-electron chi connectivity index (χ2n) is 5.65. The van der Waals surface area contributed by atoms with E-state index >= 15 is 0 Å². The highest BCUT2D eigenvalue weighted by Gasteiger charge is 2.21. The molecular weight excluding hydrogens is 228 g/mol. The molecule has 1 aliphatic heterocycles. The molecule has 4 heteroatoms. The van der Waals surface area contributed by atoms with Gasteiger partial charge in [-0.15, -0.1) is 0 Å². The molecule has 2 fully saturated rings. The standard InChI is InChI=1S/C14H26N2O2/c1-16(12-6-3-2-4-7-12)11-14(17)15-10-13-8-5-9-18-13/h12-13H,2-11H2,1H3,(H,15,17). The van der Waals surface area contributed by atoms with E-state index in [1.54, 1.807) is 0 Å². The van der Waals surface area contributed by atoms with Crippen LogP contribution in [0.25, 0.3) is 0 Å². The largest absolute Gasteiger partial charge is 0.376 e. The molecule has 18 heavy (non-hydrogen) atoms. The van der Waals surface area contributed by atoms with Crippen LogP contribution in [-0.4, -0.2) is 49.7 Å². The molecular formula is C14H26N2O2. The second-order valence-corrected chi connectivity index (χ2v) is 5.65. The average Bonchev–Trinajstić information content (AvgIpc) is 2.90. The van der Waals surface area contributed by atoms with Gasteiger partial charge in [0.15, 0.2) is 0 Å². The number of nitrogens with zero attached hydrogens (tertiary/aromatic N) is 1. The van der Waals surface area contributed by atoms with Gasteiger partial charge in [0.25, 0.3) is 0 Å². The number of nitrogens with one attached hydrogen (secondary N) is 1. The lowest BCUT2D eigenvalue weighted by Crippen LogP contribution is -2.43. The summed E-state index contributed by atoms with van der Waals surface area (Å²) >= 11 is 0. The van der Waals surface area contributed by atoms with Crippen LogP contribution in [0.5, 0.6) is 0 Å². The Labute approximate surface area is 110 Å². The van der Waals surface area contributed by atoms with E-state index in [-0.39, 0.29) is 12.0 Å². The molecule has 2 aliphatic rings. The summed E-state index contributed by atoms with van der Waals surface area (Å²) in [5.41, 5.74) is 0. The van der Waals surface area contributed by atoms with Gasteiger partial charge in [0.2, 0.25) is 5.91 Å². The second kappa shape index (κ2) is 7.10. The highest BCUT2D eigenvalue weighted by atomic mass is 16.5. The fourth-order valence-electron chi connectivity index (χ4n) is 2.97. The zero-order valence-corrected chi connectivity index (χ0v) is 11.5. The number of rotatable bonds is 5. The zero-order chi connectivity index (χ0) is 12.8. The van der Waals surface area contributed by atoms with Crippen LogP contribution in [0.15, 0.2) is 0 Å². The van der Waals surface area contributed by atoms with Crippen molar-refractivity contribution in [2.75, 3.05) is 26.7 Å². The summed E-state index contributed by atoms with van der Waals surface area (Å²) in [6.45, 7) is 2.05. The molecule has 1 heterocycles. The summed E-state index contributed by atoms with van der Waals surface area (Å²) in [7, 11) is 2.07. The molecule has 0 aromatic heterocycles. The van der Waals surface area contributed by atoms with Crippen molar-refractivity contribution >= 4 is 5.91 Å². The van der Waals surface area contributed by atoms with Crippen molar-refractivity contribution in [2.24, 2.45) is 0 Å². The van der Waals surface area contributed by atoms with Crippen LogP contribution in [-0.2, 0) is 9.53 Å². The van der Waals surface area contributed by atoms with Crippen LogP contribution in [0, 0.1) is 0 Å². The molecule has 1 saturated carbocycles. The highest BCUT2D eigenvalue weighted by molar-refractivity contribution is 5.78. The minimum atomic E-state index is 0.138. The third-order valence-corrected chi connectivity index (χ3v) is 4.14. The van der Waals surface area contributed by atoms with Crippen molar-refractivity contribution in [3.05, 3.63) is 0 Å². The molecule has 104 valence electrons. The highest BCUT2D eigenvalue weighted by Crippen LogP contribution is 2.21. The van der Waals surface area contributed by atoms with Crippen molar-refractivity contribution in [1.29, 1.82) is 0 Å². The zero-order valence-electron chi connectivity index (χ0n) is 11.5. The van der Waals surface area contributed by atoms with Crippen molar-refractivity contribution in [1.82, 2.24) is 10.2 Å². The Bertz CT molecular complexity index is 259. The van der Waals surface area contributed by atoms with Gasteiger partial charge in [-0.25, -0.2) is 0 Å². The van der Waals surface area contributed by atoms with E-state index in [0.717, 1.165) is 19.4 Å². The SMILES string of the molecule is CN(CC(=O)NCC1CCCO1)C1CCCCC1. The average molecular weight is 254 g/mol. The quantitative estimate of drug-likeness (QED) is 0.809. The molecule has 1 amide bonds. The minimum Gasteiger partial charge on any atom is -0.376 e. The lowest BCUT2D eigenvalue weighted by molar-refractivity contribution is -0.123. The Kier molecular flexibility index (Phi) is 5.45. The van der Waals surface area contributed by atoms with E-state index in [1.165, 1.54) is 32.1 Å². The van der Waals surface area contributed by atoms with Gasteiger partial charge in [0, 0.05) is 19.2 Å². The van der Waals surface area contributed by atoms with E-state index in [4.69, 9.17) is 4.74 Å². The molecule has 0 aromatic rings. The van der Waals surface area contributed by atoms with Crippen LogP contribution in [0.4, 0.5) is 0 Å². The number of hydrogen-bond donors (Lipinski definition) is 1. The molecule has 0 aromatic carbocycles. The minimum absolute atomic E-state index is 0.138.